The summed E-state index contributed by atoms with van der Waals surface area (Å²) in [4.78, 5) is 12.6. The van der Waals surface area contributed by atoms with E-state index in [9.17, 15) is 9.18 Å². The largest absolute Gasteiger partial charge is 0.481 e. The molecule has 0 aliphatic carbocycles. The van der Waals surface area contributed by atoms with Crippen molar-refractivity contribution in [2.75, 3.05) is 13.1 Å². The molecular formula is C11H11BrFNO2. The van der Waals surface area contributed by atoms with Gasteiger partial charge in [0.25, 0.3) is 0 Å². The van der Waals surface area contributed by atoms with Crippen molar-refractivity contribution in [2.24, 2.45) is 5.92 Å². The summed E-state index contributed by atoms with van der Waals surface area (Å²) in [5.74, 6) is -1.27. The van der Waals surface area contributed by atoms with Crippen LogP contribution in [-0.4, -0.2) is 29.1 Å². The van der Waals surface area contributed by atoms with E-state index in [0.29, 0.717) is 24.1 Å². The van der Waals surface area contributed by atoms with E-state index < -0.39 is 5.97 Å². The number of hydrogen-bond acceptors (Lipinski definition) is 2. The van der Waals surface area contributed by atoms with E-state index in [2.05, 4.69) is 15.9 Å². The fourth-order valence-corrected chi connectivity index (χ4v) is 2.18. The van der Waals surface area contributed by atoms with Crippen LogP contribution in [0.2, 0.25) is 0 Å². The van der Waals surface area contributed by atoms with Crippen molar-refractivity contribution in [3.63, 3.8) is 0 Å². The molecule has 16 heavy (non-hydrogen) atoms. The van der Waals surface area contributed by atoms with Crippen LogP contribution in [-0.2, 0) is 11.3 Å². The maximum absolute atomic E-state index is 13.0. The van der Waals surface area contributed by atoms with E-state index in [1.54, 1.807) is 12.1 Å². The van der Waals surface area contributed by atoms with Gasteiger partial charge in [-0.2, -0.15) is 0 Å². The Kier molecular flexibility index (Phi) is 3.25. The minimum atomic E-state index is -0.739. The van der Waals surface area contributed by atoms with Crippen LogP contribution in [0.25, 0.3) is 0 Å². The predicted octanol–water partition coefficient (Wildman–Crippen LogP) is 2.10. The van der Waals surface area contributed by atoms with Gasteiger partial charge >= 0.3 is 5.97 Å². The second-order valence-corrected chi connectivity index (χ2v) is 4.83. The molecule has 0 atom stereocenters. The molecule has 0 radical (unpaired) electrons. The normalized spacial score (nSPS) is 17.1. The first-order valence-corrected chi connectivity index (χ1v) is 5.74. The number of carbonyl (C=O) groups is 1. The number of carboxylic acids is 1. The fourth-order valence-electron chi connectivity index (χ4n) is 1.75. The fraction of sp³-hybridized carbons (Fsp3) is 0.364. The summed E-state index contributed by atoms with van der Waals surface area (Å²) in [5.41, 5.74) is 0.983. The Balaban J connectivity index is 1.91. The molecule has 5 heteroatoms. The predicted molar refractivity (Wildman–Crippen MR) is 60.5 cm³/mol. The molecule has 1 saturated heterocycles. The first kappa shape index (κ1) is 11.5. The Morgan fingerprint density at radius 3 is 2.81 bits per heavy atom. The van der Waals surface area contributed by atoms with Gasteiger partial charge in [-0.25, -0.2) is 4.39 Å². The molecule has 0 bridgehead atoms. The lowest BCUT2D eigenvalue weighted by molar-refractivity contribution is -0.147. The average molecular weight is 288 g/mol. The Bertz CT molecular complexity index is 418. The molecule has 1 heterocycles. The topological polar surface area (TPSA) is 40.5 Å². The zero-order chi connectivity index (χ0) is 11.7. The van der Waals surface area contributed by atoms with Gasteiger partial charge < -0.3 is 5.11 Å². The van der Waals surface area contributed by atoms with Gasteiger partial charge in [0.15, 0.2) is 0 Å². The number of benzene rings is 1. The molecular weight excluding hydrogens is 277 g/mol. The van der Waals surface area contributed by atoms with Gasteiger partial charge in [-0.3, -0.25) is 9.69 Å². The highest BCUT2D eigenvalue weighted by atomic mass is 79.9. The number of halogens is 2. The number of aliphatic carboxylic acids is 1. The summed E-state index contributed by atoms with van der Waals surface area (Å²) in [6.45, 7) is 1.82. The van der Waals surface area contributed by atoms with Crippen molar-refractivity contribution >= 4 is 21.9 Å². The Labute approximate surface area is 101 Å². The molecule has 0 amide bonds. The second-order valence-electron chi connectivity index (χ2n) is 3.98. The van der Waals surface area contributed by atoms with Crippen LogP contribution in [0.4, 0.5) is 4.39 Å². The van der Waals surface area contributed by atoms with Crippen molar-refractivity contribution in [1.82, 2.24) is 4.90 Å². The third-order valence-corrected chi connectivity index (χ3v) is 3.30. The third kappa shape index (κ3) is 2.41. The third-order valence-electron chi connectivity index (χ3n) is 2.70. The number of nitrogens with zero attached hydrogens (tertiary/aromatic N) is 1. The maximum Gasteiger partial charge on any atom is 0.309 e. The standard InChI is InChI=1S/C11H11BrFNO2/c12-9-3-7(1-2-10(9)13)4-14-5-8(6-14)11(15)16/h1-3,8H,4-6H2,(H,15,16). The first-order chi connectivity index (χ1) is 7.56. The first-order valence-electron chi connectivity index (χ1n) is 4.95. The molecule has 86 valence electrons. The SMILES string of the molecule is O=C(O)C1CN(Cc2ccc(F)c(Br)c2)C1. The number of likely N-dealkylation sites (tertiary alicyclic amines) is 1. The molecule has 1 aromatic carbocycles. The maximum atomic E-state index is 13.0. The quantitative estimate of drug-likeness (QED) is 0.926. The second kappa shape index (κ2) is 4.51. The minimum absolute atomic E-state index is 0.246. The summed E-state index contributed by atoms with van der Waals surface area (Å²) in [6, 6.07) is 4.85. The highest BCUT2D eigenvalue weighted by molar-refractivity contribution is 9.10. The van der Waals surface area contributed by atoms with Crippen LogP contribution in [0.1, 0.15) is 5.56 Å². The van der Waals surface area contributed by atoms with Crippen molar-refractivity contribution in [3.8, 4) is 0 Å². The summed E-state index contributed by atoms with van der Waals surface area (Å²) in [5, 5.41) is 8.71. The van der Waals surface area contributed by atoms with Crippen LogP contribution < -0.4 is 0 Å². The minimum Gasteiger partial charge on any atom is -0.481 e. The number of carboxylic acid groups (broad SMARTS) is 1. The van der Waals surface area contributed by atoms with Gasteiger partial charge in [0.1, 0.15) is 5.82 Å². The summed E-state index contributed by atoms with van der Waals surface area (Å²) in [6.07, 6.45) is 0. The van der Waals surface area contributed by atoms with Crippen LogP contribution in [0.3, 0.4) is 0 Å². The number of rotatable bonds is 3. The van der Waals surface area contributed by atoms with E-state index in [-0.39, 0.29) is 11.7 Å². The lowest BCUT2D eigenvalue weighted by Crippen LogP contribution is -2.49. The van der Waals surface area contributed by atoms with E-state index in [0.717, 1.165) is 5.56 Å². The number of hydrogen-bond donors (Lipinski definition) is 1. The zero-order valence-corrected chi connectivity index (χ0v) is 10.1. The monoisotopic (exact) mass is 287 g/mol. The Morgan fingerprint density at radius 1 is 1.56 bits per heavy atom. The molecule has 2 rings (SSSR count). The Morgan fingerprint density at radius 2 is 2.25 bits per heavy atom. The summed E-state index contributed by atoms with van der Waals surface area (Å²) >= 11 is 3.12. The summed E-state index contributed by atoms with van der Waals surface area (Å²) < 4.78 is 13.4. The van der Waals surface area contributed by atoms with E-state index in [4.69, 9.17) is 5.11 Å². The molecule has 0 aromatic heterocycles. The van der Waals surface area contributed by atoms with Gasteiger partial charge in [-0.05, 0) is 33.6 Å². The van der Waals surface area contributed by atoms with Crippen LogP contribution in [0, 0.1) is 11.7 Å². The molecule has 3 nitrogen and oxygen atoms in total. The molecule has 0 unspecified atom stereocenters. The van der Waals surface area contributed by atoms with Crippen LogP contribution >= 0.6 is 15.9 Å². The van der Waals surface area contributed by atoms with Gasteiger partial charge in [0, 0.05) is 19.6 Å². The highest BCUT2D eigenvalue weighted by Gasteiger charge is 2.32. The van der Waals surface area contributed by atoms with E-state index >= 15 is 0 Å². The molecule has 0 spiro atoms. The van der Waals surface area contributed by atoms with Crippen LogP contribution in [0.15, 0.2) is 22.7 Å². The Hall–Kier alpha value is -0.940. The zero-order valence-electron chi connectivity index (χ0n) is 8.49. The lowest BCUT2D eigenvalue weighted by Gasteiger charge is -2.36. The molecule has 1 aromatic rings. The summed E-state index contributed by atoms with van der Waals surface area (Å²) in [7, 11) is 0. The van der Waals surface area contributed by atoms with Crippen molar-refractivity contribution < 1.29 is 14.3 Å². The van der Waals surface area contributed by atoms with Gasteiger partial charge in [0.2, 0.25) is 0 Å². The van der Waals surface area contributed by atoms with Gasteiger partial charge in [-0.1, -0.05) is 6.07 Å². The molecule has 0 saturated carbocycles. The molecule has 1 fully saturated rings. The van der Waals surface area contributed by atoms with E-state index in [1.165, 1.54) is 6.07 Å². The van der Waals surface area contributed by atoms with Crippen molar-refractivity contribution in [3.05, 3.63) is 34.1 Å². The van der Waals surface area contributed by atoms with Gasteiger partial charge in [-0.15, -0.1) is 0 Å². The average Bonchev–Trinajstić information content (AvgIpc) is 2.15. The molecule has 1 aliphatic rings. The van der Waals surface area contributed by atoms with Crippen molar-refractivity contribution in [2.45, 2.75) is 6.54 Å². The molecule has 1 N–H and O–H groups in total. The lowest BCUT2D eigenvalue weighted by atomic mass is 10.00. The van der Waals surface area contributed by atoms with Crippen LogP contribution in [0.5, 0.6) is 0 Å². The smallest absolute Gasteiger partial charge is 0.309 e. The highest BCUT2D eigenvalue weighted by Crippen LogP contribution is 2.22. The van der Waals surface area contributed by atoms with E-state index in [1.807, 2.05) is 4.90 Å². The van der Waals surface area contributed by atoms with Gasteiger partial charge in [0.05, 0.1) is 10.4 Å². The molecule has 1 aliphatic heterocycles. The van der Waals surface area contributed by atoms with Crippen molar-refractivity contribution in [1.29, 1.82) is 0 Å².